The molecule has 0 saturated carbocycles. The van der Waals surface area contributed by atoms with Crippen molar-refractivity contribution < 1.29 is 4.79 Å². The van der Waals surface area contributed by atoms with E-state index in [4.69, 9.17) is 0 Å². The van der Waals surface area contributed by atoms with Crippen LogP contribution in [0.15, 0.2) is 64.5 Å². The minimum atomic E-state index is -0.371. The molecule has 128 valence electrons. The Morgan fingerprint density at radius 1 is 1.12 bits per heavy atom. The second-order valence-corrected chi connectivity index (χ2v) is 7.08. The Hall–Kier alpha value is -2.60. The summed E-state index contributed by atoms with van der Waals surface area (Å²) in [4.78, 5) is 31.3. The van der Waals surface area contributed by atoms with Gasteiger partial charge in [0.05, 0.1) is 16.2 Å². The van der Waals surface area contributed by atoms with E-state index in [9.17, 15) is 9.59 Å². The molecule has 3 aromatic rings. The van der Waals surface area contributed by atoms with Gasteiger partial charge < -0.3 is 4.90 Å². The highest BCUT2D eigenvalue weighted by molar-refractivity contribution is 8.00. The summed E-state index contributed by atoms with van der Waals surface area (Å²) in [6.45, 7) is 1.83. The SMILES string of the molecule is CC(Sc1nc2ccccc2c(=O)n1C)C(=O)N(C)c1ccccc1. The van der Waals surface area contributed by atoms with Crippen LogP contribution in [0.25, 0.3) is 10.9 Å². The molecule has 1 heterocycles. The van der Waals surface area contributed by atoms with Crippen LogP contribution < -0.4 is 10.5 Å². The maximum Gasteiger partial charge on any atom is 0.261 e. The van der Waals surface area contributed by atoms with Gasteiger partial charge in [0, 0.05) is 19.8 Å². The van der Waals surface area contributed by atoms with Gasteiger partial charge in [-0.25, -0.2) is 4.98 Å². The number of nitrogens with zero attached hydrogens (tertiary/aromatic N) is 3. The van der Waals surface area contributed by atoms with Crippen LogP contribution in [0.1, 0.15) is 6.92 Å². The van der Waals surface area contributed by atoms with E-state index in [1.165, 1.54) is 16.3 Å². The quantitative estimate of drug-likeness (QED) is 0.534. The Morgan fingerprint density at radius 2 is 1.76 bits per heavy atom. The van der Waals surface area contributed by atoms with Crippen LogP contribution in [0.4, 0.5) is 5.69 Å². The van der Waals surface area contributed by atoms with Crippen molar-refractivity contribution in [2.75, 3.05) is 11.9 Å². The number of benzene rings is 2. The van der Waals surface area contributed by atoms with Crippen molar-refractivity contribution in [3.8, 4) is 0 Å². The Bertz CT molecular complexity index is 969. The minimum Gasteiger partial charge on any atom is -0.315 e. The number of amides is 1. The van der Waals surface area contributed by atoms with E-state index in [0.717, 1.165) is 5.69 Å². The number of carbonyl (C=O) groups excluding carboxylic acids is 1. The van der Waals surface area contributed by atoms with E-state index in [0.29, 0.717) is 16.1 Å². The fraction of sp³-hybridized carbons (Fsp3) is 0.211. The van der Waals surface area contributed by atoms with Crippen LogP contribution >= 0.6 is 11.8 Å². The molecule has 1 atom stereocenters. The molecule has 3 rings (SSSR count). The fourth-order valence-electron chi connectivity index (χ4n) is 2.56. The minimum absolute atomic E-state index is 0.0430. The Kier molecular flexibility index (Phi) is 4.90. The molecule has 0 aliphatic rings. The van der Waals surface area contributed by atoms with Crippen LogP contribution in [0.3, 0.4) is 0 Å². The first-order chi connectivity index (χ1) is 12.0. The summed E-state index contributed by atoms with van der Waals surface area (Å²) in [5, 5.41) is 0.741. The molecule has 0 aliphatic heterocycles. The first-order valence-electron chi connectivity index (χ1n) is 7.94. The molecule has 2 aromatic carbocycles. The Balaban J connectivity index is 1.87. The van der Waals surface area contributed by atoms with Gasteiger partial charge in [0.2, 0.25) is 5.91 Å². The second kappa shape index (κ2) is 7.11. The highest BCUT2D eigenvalue weighted by Gasteiger charge is 2.22. The van der Waals surface area contributed by atoms with E-state index in [-0.39, 0.29) is 16.7 Å². The van der Waals surface area contributed by atoms with Crippen LogP contribution in [0.2, 0.25) is 0 Å². The van der Waals surface area contributed by atoms with Gasteiger partial charge in [0.15, 0.2) is 5.16 Å². The smallest absolute Gasteiger partial charge is 0.261 e. The molecular formula is C19H19N3O2S. The van der Waals surface area contributed by atoms with Gasteiger partial charge in [-0.3, -0.25) is 14.2 Å². The molecular weight excluding hydrogens is 334 g/mol. The van der Waals surface area contributed by atoms with Crippen molar-refractivity contribution in [3.05, 3.63) is 65.0 Å². The number of aromatic nitrogens is 2. The van der Waals surface area contributed by atoms with E-state index >= 15 is 0 Å². The van der Waals surface area contributed by atoms with Crippen molar-refractivity contribution in [1.82, 2.24) is 9.55 Å². The van der Waals surface area contributed by atoms with Crippen LogP contribution in [-0.2, 0) is 11.8 Å². The first-order valence-corrected chi connectivity index (χ1v) is 8.82. The zero-order chi connectivity index (χ0) is 18.0. The predicted molar refractivity (Wildman–Crippen MR) is 102 cm³/mol. The van der Waals surface area contributed by atoms with Gasteiger partial charge in [-0.1, -0.05) is 42.1 Å². The standard InChI is InChI=1S/C19H19N3O2S/c1-13(17(23)21(2)14-9-5-4-6-10-14)25-19-20-16-12-8-7-11-15(16)18(24)22(19)3/h4-13H,1-3H3. The third-order valence-electron chi connectivity index (χ3n) is 4.05. The molecule has 0 saturated heterocycles. The number of carbonyl (C=O) groups is 1. The van der Waals surface area contributed by atoms with E-state index in [1.807, 2.05) is 55.5 Å². The summed E-state index contributed by atoms with van der Waals surface area (Å²) in [6.07, 6.45) is 0. The van der Waals surface area contributed by atoms with Crippen molar-refractivity contribution in [1.29, 1.82) is 0 Å². The summed E-state index contributed by atoms with van der Waals surface area (Å²) in [7, 11) is 3.43. The number of anilines is 1. The van der Waals surface area contributed by atoms with E-state index in [1.54, 1.807) is 25.1 Å². The number of hydrogen-bond donors (Lipinski definition) is 0. The predicted octanol–water partition coefficient (Wildman–Crippen LogP) is 3.08. The normalized spacial score (nSPS) is 12.1. The monoisotopic (exact) mass is 353 g/mol. The number of rotatable bonds is 4. The molecule has 1 aromatic heterocycles. The molecule has 6 heteroatoms. The number of para-hydroxylation sites is 2. The van der Waals surface area contributed by atoms with Crippen LogP contribution in [0.5, 0.6) is 0 Å². The van der Waals surface area contributed by atoms with Crippen molar-refractivity contribution in [3.63, 3.8) is 0 Å². The third kappa shape index (κ3) is 3.44. The molecule has 1 amide bonds. The second-order valence-electron chi connectivity index (χ2n) is 5.77. The van der Waals surface area contributed by atoms with Crippen molar-refractivity contribution in [2.45, 2.75) is 17.3 Å². The van der Waals surface area contributed by atoms with Gasteiger partial charge in [-0.2, -0.15) is 0 Å². The number of hydrogen-bond acceptors (Lipinski definition) is 4. The maximum atomic E-state index is 12.7. The lowest BCUT2D eigenvalue weighted by Crippen LogP contribution is -2.33. The molecule has 0 N–H and O–H groups in total. The van der Waals surface area contributed by atoms with Gasteiger partial charge in [-0.05, 0) is 31.2 Å². The maximum absolute atomic E-state index is 12.7. The summed E-state index contributed by atoms with van der Waals surface area (Å²) < 4.78 is 1.50. The molecule has 0 bridgehead atoms. The average molecular weight is 353 g/mol. The van der Waals surface area contributed by atoms with E-state index in [2.05, 4.69) is 4.98 Å². The highest BCUT2D eigenvalue weighted by Crippen LogP contribution is 2.24. The number of fused-ring (bicyclic) bond motifs is 1. The lowest BCUT2D eigenvalue weighted by Gasteiger charge is -2.21. The molecule has 25 heavy (non-hydrogen) atoms. The molecule has 5 nitrogen and oxygen atoms in total. The topological polar surface area (TPSA) is 55.2 Å². The van der Waals surface area contributed by atoms with Crippen molar-refractivity contribution >= 4 is 34.3 Å². The van der Waals surface area contributed by atoms with Crippen molar-refractivity contribution in [2.24, 2.45) is 7.05 Å². The Morgan fingerprint density at radius 3 is 2.48 bits per heavy atom. The average Bonchev–Trinajstić information content (AvgIpc) is 2.65. The molecule has 0 aliphatic carbocycles. The zero-order valence-electron chi connectivity index (χ0n) is 14.3. The summed E-state index contributed by atoms with van der Waals surface area (Å²) in [5.41, 5.74) is 1.37. The van der Waals surface area contributed by atoms with E-state index < -0.39 is 0 Å². The fourth-order valence-corrected chi connectivity index (χ4v) is 3.53. The largest absolute Gasteiger partial charge is 0.315 e. The lowest BCUT2D eigenvalue weighted by molar-refractivity contribution is -0.117. The highest BCUT2D eigenvalue weighted by atomic mass is 32.2. The van der Waals surface area contributed by atoms with Crippen LogP contribution in [-0.4, -0.2) is 27.8 Å². The number of thioether (sulfide) groups is 1. The Labute approximate surface area is 150 Å². The zero-order valence-corrected chi connectivity index (χ0v) is 15.2. The van der Waals surface area contributed by atoms with Gasteiger partial charge >= 0.3 is 0 Å². The summed E-state index contributed by atoms with van der Waals surface area (Å²) >= 11 is 1.29. The molecule has 0 fully saturated rings. The first kappa shape index (κ1) is 17.2. The molecule has 0 radical (unpaired) electrons. The van der Waals surface area contributed by atoms with Crippen LogP contribution in [0, 0.1) is 0 Å². The van der Waals surface area contributed by atoms with Gasteiger partial charge in [-0.15, -0.1) is 0 Å². The van der Waals surface area contributed by atoms with Gasteiger partial charge in [0.1, 0.15) is 0 Å². The van der Waals surface area contributed by atoms with Gasteiger partial charge in [0.25, 0.3) is 5.56 Å². The molecule has 1 unspecified atom stereocenters. The molecule has 0 spiro atoms. The third-order valence-corrected chi connectivity index (χ3v) is 5.18. The lowest BCUT2D eigenvalue weighted by atomic mass is 10.2. The summed E-state index contributed by atoms with van der Waals surface area (Å²) in [5.74, 6) is -0.0430. The summed E-state index contributed by atoms with van der Waals surface area (Å²) in [6, 6.07) is 16.7.